The maximum Gasteiger partial charge on any atom is 0.342 e. The third-order valence-corrected chi connectivity index (χ3v) is 3.98. The van der Waals surface area contributed by atoms with E-state index in [9.17, 15) is 9.90 Å². The van der Waals surface area contributed by atoms with Crippen LogP contribution < -0.4 is 4.90 Å². The Balaban J connectivity index is 1.76. The Hall–Kier alpha value is -2.26. The van der Waals surface area contributed by atoms with E-state index in [4.69, 9.17) is 13.6 Å². The Bertz CT molecular complexity index is 718. The third kappa shape index (κ3) is 3.93. The molecule has 122 valence electrons. The summed E-state index contributed by atoms with van der Waals surface area (Å²) in [5.74, 6) is 0.440. The van der Waals surface area contributed by atoms with Gasteiger partial charge in [-0.2, -0.15) is 0 Å². The molecule has 8 nitrogen and oxygen atoms in total. The van der Waals surface area contributed by atoms with Crippen LogP contribution >= 0.6 is 11.8 Å². The Morgan fingerprint density at radius 1 is 1.30 bits per heavy atom. The van der Waals surface area contributed by atoms with Crippen LogP contribution in [0.2, 0.25) is 0 Å². The molecule has 0 amide bonds. The quantitative estimate of drug-likeness (QED) is 0.648. The van der Waals surface area contributed by atoms with Gasteiger partial charge in [0.05, 0.1) is 13.2 Å². The van der Waals surface area contributed by atoms with E-state index in [0.29, 0.717) is 30.7 Å². The molecule has 0 unspecified atom stereocenters. The van der Waals surface area contributed by atoms with E-state index in [0.717, 1.165) is 24.9 Å². The maximum atomic E-state index is 11.4. The average Bonchev–Trinajstić information content (AvgIpc) is 3.17. The number of nitrogens with zero attached hydrogens (tertiary/aromatic N) is 3. The smallest absolute Gasteiger partial charge is 0.342 e. The van der Waals surface area contributed by atoms with Crippen LogP contribution in [-0.4, -0.2) is 47.6 Å². The number of anilines is 1. The first-order chi connectivity index (χ1) is 11.1. The summed E-state index contributed by atoms with van der Waals surface area (Å²) in [6.07, 6.45) is 1.44. The van der Waals surface area contributed by atoms with Gasteiger partial charge in [-0.25, -0.2) is 4.79 Å². The van der Waals surface area contributed by atoms with Gasteiger partial charge in [-0.15, -0.1) is 10.2 Å². The fourth-order valence-corrected chi connectivity index (χ4v) is 2.75. The maximum absolute atomic E-state index is 11.4. The number of hydrogen-bond donors (Lipinski definition) is 1. The van der Waals surface area contributed by atoms with Gasteiger partial charge < -0.3 is 23.6 Å². The Kier molecular flexibility index (Phi) is 4.68. The van der Waals surface area contributed by atoms with Crippen LogP contribution in [0.3, 0.4) is 0 Å². The van der Waals surface area contributed by atoms with Crippen LogP contribution in [0.25, 0.3) is 6.08 Å². The molecule has 3 rings (SSSR count). The van der Waals surface area contributed by atoms with Crippen LogP contribution in [-0.2, 0) is 9.53 Å². The van der Waals surface area contributed by atoms with E-state index < -0.39 is 5.97 Å². The zero-order chi connectivity index (χ0) is 16.2. The third-order valence-electron chi connectivity index (χ3n) is 3.12. The second kappa shape index (κ2) is 6.88. The molecule has 9 heteroatoms. The van der Waals surface area contributed by atoms with Crippen molar-refractivity contribution in [1.29, 1.82) is 0 Å². The summed E-state index contributed by atoms with van der Waals surface area (Å²) < 4.78 is 16.2. The largest absolute Gasteiger partial charge is 0.477 e. The highest BCUT2D eigenvalue weighted by molar-refractivity contribution is 8.03. The molecule has 0 aliphatic carbocycles. The standard InChI is InChI=1S/C14H15N3O5S/c1-9-15-16-14(21-9)23-11(13(18)19)8-10-2-3-12(22-10)17-4-6-20-7-5-17/h2-3,8H,4-7H2,1H3,(H,18,19)/b11-8+. The van der Waals surface area contributed by atoms with Gasteiger partial charge in [0.1, 0.15) is 10.7 Å². The summed E-state index contributed by atoms with van der Waals surface area (Å²) in [7, 11) is 0. The Labute approximate surface area is 136 Å². The van der Waals surface area contributed by atoms with E-state index >= 15 is 0 Å². The lowest BCUT2D eigenvalue weighted by molar-refractivity contribution is -0.131. The predicted octanol–water partition coefficient (Wildman–Crippen LogP) is 2.03. The van der Waals surface area contributed by atoms with Crippen molar-refractivity contribution in [2.24, 2.45) is 0 Å². The van der Waals surface area contributed by atoms with Gasteiger partial charge in [0.25, 0.3) is 5.22 Å². The van der Waals surface area contributed by atoms with E-state index in [1.54, 1.807) is 13.0 Å². The molecule has 1 aliphatic heterocycles. The van der Waals surface area contributed by atoms with Gasteiger partial charge in [-0.1, -0.05) is 0 Å². The van der Waals surface area contributed by atoms with Crippen molar-refractivity contribution in [2.45, 2.75) is 12.1 Å². The number of thioether (sulfide) groups is 1. The molecule has 1 fully saturated rings. The van der Waals surface area contributed by atoms with Crippen molar-refractivity contribution in [3.63, 3.8) is 0 Å². The highest BCUT2D eigenvalue weighted by Crippen LogP contribution is 2.29. The van der Waals surface area contributed by atoms with Crippen molar-refractivity contribution >= 4 is 29.7 Å². The van der Waals surface area contributed by atoms with Crippen LogP contribution in [0.15, 0.2) is 31.1 Å². The number of carboxylic acid groups (broad SMARTS) is 1. The molecule has 1 saturated heterocycles. The van der Waals surface area contributed by atoms with Gasteiger partial charge >= 0.3 is 5.97 Å². The van der Waals surface area contributed by atoms with Crippen molar-refractivity contribution in [3.8, 4) is 0 Å². The molecule has 1 N–H and O–H groups in total. The average molecular weight is 337 g/mol. The molecule has 2 aromatic rings. The Morgan fingerprint density at radius 3 is 2.74 bits per heavy atom. The van der Waals surface area contributed by atoms with Crippen LogP contribution in [0.4, 0.5) is 5.88 Å². The summed E-state index contributed by atoms with van der Waals surface area (Å²) in [4.78, 5) is 13.5. The summed E-state index contributed by atoms with van der Waals surface area (Å²) in [5, 5.41) is 16.9. The lowest BCUT2D eigenvalue weighted by Gasteiger charge is -2.26. The van der Waals surface area contributed by atoms with E-state index in [-0.39, 0.29) is 10.1 Å². The zero-order valence-electron chi connectivity index (χ0n) is 12.4. The number of ether oxygens (including phenoxy) is 1. The minimum absolute atomic E-state index is 0.0385. The number of carboxylic acids is 1. The number of rotatable bonds is 5. The molecule has 1 aliphatic rings. The molecule has 23 heavy (non-hydrogen) atoms. The fourth-order valence-electron chi connectivity index (χ4n) is 2.05. The molecule has 0 atom stereocenters. The topological polar surface area (TPSA) is 102 Å². The number of morpholine rings is 1. The normalized spacial score (nSPS) is 15.9. The zero-order valence-corrected chi connectivity index (χ0v) is 13.2. The SMILES string of the molecule is Cc1nnc(S/C(=C/c2ccc(N3CCOCC3)o2)C(=O)O)o1. The molecule has 2 aromatic heterocycles. The highest BCUT2D eigenvalue weighted by atomic mass is 32.2. The second-order valence-electron chi connectivity index (χ2n) is 4.78. The van der Waals surface area contributed by atoms with E-state index in [2.05, 4.69) is 15.1 Å². The molecule has 0 bridgehead atoms. The molecule has 3 heterocycles. The van der Waals surface area contributed by atoms with Gasteiger partial charge in [-0.3, -0.25) is 0 Å². The first kappa shape index (κ1) is 15.6. The van der Waals surface area contributed by atoms with Crippen LogP contribution in [0.1, 0.15) is 11.7 Å². The molecule has 0 saturated carbocycles. The van der Waals surface area contributed by atoms with Crippen molar-refractivity contribution in [2.75, 3.05) is 31.2 Å². The Morgan fingerprint density at radius 2 is 2.09 bits per heavy atom. The molecular weight excluding hydrogens is 322 g/mol. The summed E-state index contributed by atoms with van der Waals surface area (Å²) in [6.45, 7) is 4.44. The van der Waals surface area contributed by atoms with Crippen molar-refractivity contribution in [3.05, 3.63) is 28.7 Å². The number of aliphatic carboxylic acids is 1. The second-order valence-corrected chi connectivity index (χ2v) is 5.77. The van der Waals surface area contributed by atoms with Crippen LogP contribution in [0, 0.1) is 6.92 Å². The highest BCUT2D eigenvalue weighted by Gasteiger charge is 2.17. The monoisotopic (exact) mass is 337 g/mol. The van der Waals surface area contributed by atoms with Gasteiger partial charge in [0.2, 0.25) is 5.89 Å². The number of furan rings is 1. The lowest BCUT2D eigenvalue weighted by atomic mass is 10.4. The number of hydrogen-bond acceptors (Lipinski definition) is 8. The number of aromatic nitrogens is 2. The van der Waals surface area contributed by atoms with Gasteiger partial charge in [0.15, 0.2) is 5.88 Å². The molecule has 0 spiro atoms. The molecule has 0 radical (unpaired) electrons. The predicted molar refractivity (Wildman–Crippen MR) is 82.2 cm³/mol. The van der Waals surface area contributed by atoms with Crippen LogP contribution in [0.5, 0.6) is 0 Å². The minimum atomic E-state index is -1.09. The van der Waals surface area contributed by atoms with E-state index in [1.807, 2.05) is 6.07 Å². The summed E-state index contributed by atoms with van der Waals surface area (Å²) in [6, 6.07) is 3.55. The molecular formula is C14H15N3O5S. The fraction of sp³-hybridized carbons (Fsp3) is 0.357. The summed E-state index contributed by atoms with van der Waals surface area (Å²) in [5.41, 5.74) is 0. The number of carbonyl (C=O) groups is 1. The van der Waals surface area contributed by atoms with Gasteiger partial charge in [-0.05, 0) is 17.8 Å². The first-order valence-electron chi connectivity index (χ1n) is 6.97. The minimum Gasteiger partial charge on any atom is -0.477 e. The number of aryl methyl sites for hydroxylation is 1. The lowest BCUT2D eigenvalue weighted by Crippen LogP contribution is -2.35. The first-order valence-corrected chi connectivity index (χ1v) is 7.79. The van der Waals surface area contributed by atoms with Gasteiger partial charge in [0, 0.05) is 32.2 Å². The van der Waals surface area contributed by atoms with E-state index in [1.165, 1.54) is 6.08 Å². The van der Waals surface area contributed by atoms with Crippen molar-refractivity contribution in [1.82, 2.24) is 10.2 Å². The summed E-state index contributed by atoms with van der Waals surface area (Å²) >= 11 is 0.885. The van der Waals surface area contributed by atoms with Crippen molar-refractivity contribution < 1.29 is 23.5 Å². The molecule has 0 aromatic carbocycles.